The van der Waals surface area contributed by atoms with Gasteiger partial charge in [-0.2, -0.15) is 0 Å². The molecule has 2 fully saturated rings. The predicted molar refractivity (Wildman–Crippen MR) is 89.2 cm³/mol. The zero-order chi connectivity index (χ0) is 14.7. The third-order valence-electron chi connectivity index (χ3n) is 5.91. The summed E-state index contributed by atoms with van der Waals surface area (Å²) in [6.07, 6.45) is 7.94. The third kappa shape index (κ3) is 3.17. The highest BCUT2D eigenvalue weighted by Gasteiger charge is 2.47. The lowest BCUT2D eigenvalue weighted by atomic mass is 9.83. The third-order valence-corrected chi connectivity index (χ3v) is 5.91. The number of nitrogens with two attached hydrogens (primary N) is 1. The molecule has 1 saturated heterocycles. The van der Waals surface area contributed by atoms with Crippen LogP contribution in [0.1, 0.15) is 44.6 Å². The summed E-state index contributed by atoms with van der Waals surface area (Å²) in [4.78, 5) is 2.74. The Morgan fingerprint density at radius 2 is 1.76 bits per heavy atom. The standard InChI is InChI=1S/C19H30N2/c1-2-19(15-20,18-8-9-18)21-12-10-17(11-13-21)14-16-6-4-3-5-7-16/h3-7,17-18H,2,8-15,20H2,1H3. The maximum absolute atomic E-state index is 6.21. The van der Waals surface area contributed by atoms with Crippen molar-refractivity contribution in [2.45, 2.75) is 51.0 Å². The molecule has 2 heteroatoms. The molecule has 0 spiro atoms. The van der Waals surface area contributed by atoms with Crippen molar-refractivity contribution in [2.75, 3.05) is 19.6 Å². The van der Waals surface area contributed by atoms with Gasteiger partial charge in [-0.3, -0.25) is 4.90 Å². The number of rotatable bonds is 6. The van der Waals surface area contributed by atoms with E-state index in [1.165, 1.54) is 57.2 Å². The fraction of sp³-hybridized carbons (Fsp3) is 0.684. The molecule has 2 N–H and O–H groups in total. The van der Waals surface area contributed by atoms with Crippen LogP contribution in [0.15, 0.2) is 30.3 Å². The topological polar surface area (TPSA) is 29.3 Å². The van der Waals surface area contributed by atoms with E-state index < -0.39 is 0 Å². The minimum Gasteiger partial charge on any atom is -0.329 e. The van der Waals surface area contributed by atoms with Crippen molar-refractivity contribution in [3.8, 4) is 0 Å². The van der Waals surface area contributed by atoms with Gasteiger partial charge < -0.3 is 5.73 Å². The van der Waals surface area contributed by atoms with E-state index >= 15 is 0 Å². The van der Waals surface area contributed by atoms with Crippen molar-refractivity contribution in [3.63, 3.8) is 0 Å². The Kier molecular flexibility index (Phi) is 4.66. The lowest BCUT2D eigenvalue weighted by Crippen LogP contribution is -2.57. The van der Waals surface area contributed by atoms with Crippen LogP contribution in [-0.4, -0.2) is 30.1 Å². The highest BCUT2D eigenvalue weighted by molar-refractivity contribution is 5.15. The predicted octanol–water partition coefficient (Wildman–Crippen LogP) is 3.46. The normalized spacial score (nSPS) is 23.9. The molecule has 1 atom stereocenters. The average molecular weight is 286 g/mol. The fourth-order valence-corrected chi connectivity index (χ4v) is 4.36. The second-order valence-corrected chi connectivity index (χ2v) is 7.06. The van der Waals surface area contributed by atoms with E-state index in [2.05, 4.69) is 42.2 Å². The van der Waals surface area contributed by atoms with E-state index in [0.717, 1.165) is 18.4 Å². The van der Waals surface area contributed by atoms with Crippen molar-refractivity contribution in [1.29, 1.82) is 0 Å². The zero-order valence-electron chi connectivity index (χ0n) is 13.4. The zero-order valence-corrected chi connectivity index (χ0v) is 13.4. The van der Waals surface area contributed by atoms with Gasteiger partial charge in [-0.25, -0.2) is 0 Å². The summed E-state index contributed by atoms with van der Waals surface area (Å²) in [6.45, 7) is 5.68. The average Bonchev–Trinajstić information content (AvgIpc) is 3.37. The minimum absolute atomic E-state index is 0.317. The largest absolute Gasteiger partial charge is 0.329 e. The molecule has 0 bridgehead atoms. The van der Waals surface area contributed by atoms with Gasteiger partial charge in [-0.15, -0.1) is 0 Å². The second kappa shape index (κ2) is 6.50. The van der Waals surface area contributed by atoms with Crippen LogP contribution in [0.3, 0.4) is 0 Å². The van der Waals surface area contributed by atoms with Crippen molar-refractivity contribution in [3.05, 3.63) is 35.9 Å². The number of hydrogen-bond acceptors (Lipinski definition) is 2. The Hall–Kier alpha value is -0.860. The minimum atomic E-state index is 0.317. The molecule has 21 heavy (non-hydrogen) atoms. The number of benzene rings is 1. The molecule has 2 aliphatic rings. The summed E-state index contributed by atoms with van der Waals surface area (Å²) < 4.78 is 0. The molecule has 1 saturated carbocycles. The molecule has 1 unspecified atom stereocenters. The number of piperidine rings is 1. The molecule has 1 heterocycles. The number of likely N-dealkylation sites (tertiary alicyclic amines) is 1. The van der Waals surface area contributed by atoms with E-state index in [1.54, 1.807) is 0 Å². The number of hydrogen-bond donors (Lipinski definition) is 1. The Labute approximate surface area is 129 Å². The molecule has 0 aromatic heterocycles. The molecule has 1 aromatic rings. The van der Waals surface area contributed by atoms with Crippen LogP contribution in [0.2, 0.25) is 0 Å². The Balaban J connectivity index is 1.57. The molecule has 2 nitrogen and oxygen atoms in total. The Morgan fingerprint density at radius 3 is 2.29 bits per heavy atom. The molecule has 1 aromatic carbocycles. The van der Waals surface area contributed by atoms with E-state index in [1.807, 2.05) is 0 Å². The molecule has 116 valence electrons. The molecular weight excluding hydrogens is 256 g/mol. The van der Waals surface area contributed by atoms with Crippen LogP contribution in [0.4, 0.5) is 0 Å². The maximum Gasteiger partial charge on any atom is 0.0357 e. The van der Waals surface area contributed by atoms with Gasteiger partial charge in [0, 0.05) is 12.1 Å². The molecule has 1 aliphatic heterocycles. The van der Waals surface area contributed by atoms with E-state index in [0.29, 0.717) is 5.54 Å². The van der Waals surface area contributed by atoms with Crippen LogP contribution in [-0.2, 0) is 6.42 Å². The lowest BCUT2D eigenvalue weighted by Gasteiger charge is -2.47. The van der Waals surface area contributed by atoms with Crippen LogP contribution in [0.5, 0.6) is 0 Å². The van der Waals surface area contributed by atoms with Crippen LogP contribution in [0.25, 0.3) is 0 Å². The summed E-state index contributed by atoms with van der Waals surface area (Å²) in [6, 6.07) is 11.0. The molecule has 3 rings (SSSR count). The smallest absolute Gasteiger partial charge is 0.0357 e. The van der Waals surface area contributed by atoms with Crippen molar-refractivity contribution < 1.29 is 0 Å². The van der Waals surface area contributed by atoms with Gasteiger partial charge in [0.2, 0.25) is 0 Å². The molecular formula is C19H30N2. The van der Waals surface area contributed by atoms with E-state index in [9.17, 15) is 0 Å². The highest BCUT2D eigenvalue weighted by Crippen LogP contribution is 2.45. The van der Waals surface area contributed by atoms with Crippen LogP contribution in [0, 0.1) is 11.8 Å². The van der Waals surface area contributed by atoms with Gasteiger partial charge in [0.1, 0.15) is 0 Å². The van der Waals surface area contributed by atoms with Gasteiger partial charge in [-0.05, 0) is 69.0 Å². The molecule has 0 amide bonds. The summed E-state index contributed by atoms with van der Waals surface area (Å²) in [5.74, 6) is 1.73. The monoisotopic (exact) mass is 286 g/mol. The van der Waals surface area contributed by atoms with E-state index in [-0.39, 0.29) is 0 Å². The van der Waals surface area contributed by atoms with Gasteiger partial charge in [-0.1, -0.05) is 37.3 Å². The van der Waals surface area contributed by atoms with Gasteiger partial charge >= 0.3 is 0 Å². The molecule has 1 aliphatic carbocycles. The number of nitrogens with zero attached hydrogens (tertiary/aromatic N) is 1. The second-order valence-electron chi connectivity index (χ2n) is 7.06. The highest BCUT2D eigenvalue weighted by atomic mass is 15.2. The fourth-order valence-electron chi connectivity index (χ4n) is 4.36. The quantitative estimate of drug-likeness (QED) is 0.868. The summed E-state index contributed by atoms with van der Waals surface area (Å²) >= 11 is 0. The van der Waals surface area contributed by atoms with Crippen molar-refractivity contribution >= 4 is 0 Å². The summed E-state index contributed by atoms with van der Waals surface area (Å²) in [5, 5.41) is 0. The van der Waals surface area contributed by atoms with Crippen LogP contribution < -0.4 is 5.73 Å². The Morgan fingerprint density at radius 1 is 1.10 bits per heavy atom. The van der Waals surface area contributed by atoms with Gasteiger partial charge in [0.05, 0.1) is 0 Å². The van der Waals surface area contributed by atoms with Crippen molar-refractivity contribution in [2.24, 2.45) is 17.6 Å². The van der Waals surface area contributed by atoms with E-state index in [4.69, 9.17) is 5.73 Å². The maximum atomic E-state index is 6.21. The molecule has 0 radical (unpaired) electrons. The first-order valence-corrected chi connectivity index (χ1v) is 8.77. The summed E-state index contributed by atoms with van der Waals surface area (Å²) in [7, 11) is 0. The first kappa shape index (κ1) is 15.1. The van der Waals surface area contributed by atoms with Crippen LogP contribution >= 0.6 is 0 Å². The van der Waals surface area contributed by atoms with Gasteiger partial charge in [0.15, 0.2) is 0 Å². The van der Waals surface area contributed by atoms with Crippen molar-refractivity contribution in [1.82, 2.24) is 4.90 Å². The SMILES string of the molecule is CCC(CN)(C1CC1)N1CCC(Cc2ccccc2)CC1. The first-order chi connectivity index (χ1) is 10.3. The Bertz CT molecular complexity index is 426. The first-order valence-electron chi connectivity index (χ1n) is 8.77. The summed E-state index contributed by atoms with van der Waals surface area (Å²) in [5.41, 5.74) is 8.02. The van der Waals surface area contributed by atoms with Gasteiger partial charge in [0.25, 0.3) is 0 Å². The lowest BCUT2D eigenvalue weighted by molar-refractivity contribution is 0.0347.